The molecule has 0 amide bonds. The van der Waals surface area contributed by atoms with Crippen molar-refractivity contribution in [2.24, 2.45) is 0 Å². The highest BCUT2D eigenvalue weighted by atomic mass is 35.5. The first-order valence-corrected chi connectivity index (χ1v) is 9.24. The molecule has 3 aromatic rings. The second kappa shape index (κ2) is 8.32. The predicted octanol–water partition coefficient (Wildman–Crippen LogP) is 3.56. The minimum Gasteiger partial charge on any atom is -0.508 e. The van der Waals surface area contributed by atoms with Gasteiger partial charge in [-0.2, -0.15) is 5.10 Å². The van der Waals surface area contributed by atoms with Crippen molar-refractivity contribution in [1.29, 1.82) is 0 Å². The molecule has 3 N–H and O–H groups in total. The Balaban J connectivity index is 1.94. The smallest absolute Gasteiger partial charge is 0.180 e. The van der Waals surface area contributed by atoms with Crippen molar-refractivity contribution >= 4 is 11.6 Å². The Morgan fingerprint density at radius 1 is 1.11 bits per heavy atom. The topological polar surface area (TPSA) is 87.7 Å². The molecule has 0 saturated carbocycles. The summed E-state index contributed by atoms with van der Waals surface area (Å²) < 4.78 is 7.42. The van der Waals surface area contributed by atoms with Crippen LogP contribution in [0.25, 0.3) is 11.3 Å². The molecule has 6 nitrogen and oxygen atoms in total. The van der Waals surface area contributed by atoms with Crippen molar-refractivity contribution in [2.75, 3.05) is 0 Å². The average Bonchev–Trinajstić information content (AvgIpc) is 3.05. The monoisotopic (exact) mass is 402 g/mol. The molecule has 0 aliphatic rings. The number of nitrogens with zero attached hydrogens (tertiary/aromatic N) is 2. The fourth-order valence-electron chi connectivity index (χ4n) is 2.68. The molecule has 3 rings (SSSR count). The van der Waals surface area contributed by atoms with Crippen LogP contribution in [-0.4, -0.2) is 37.0 Å². The van der Waals surface area contributed by atoms with Gasteiger partial charge >= 0.3 is 0 Å². The normalized spacial score (nSPS) is 11.9. The van der Waals surface area contributed by atoms with Crippen molar-refractivity contribution < 1.29 is 20.1 Å². The lowest BCUT2D eigenvalue weighted by Crippen LogP contribution is -2.38. The SMILES string of the molecule is CC(C)(OCc1cc(-c2cccc(O)c2)n(Cc2ccccc2Cl)n1)C(O)O. The van der Waals surface area contributed by atoms with Crippen LogP contribution < -0.4 is 0 Å². The van der Waals surface area contributed by atoms with E-state index in [4.69, 9.17) is 16.3 Å². The largest absolute Gasteiger partial charge is 0.508 e. The van der Waals surface area contributed by atoms with Crippen LogP contribution >= 0.6 is 11.6 Å². The highest BCUT2D eigenvalue weighted by molar-refractivity contribution is 6.31. The number of phenolic OH excluding ortho intramolecular Hbond substituents is 1. The first-order valence-electron chi connectivity index (χ1n) is 8.86. The van der Waals surface area contributed by atoms with Gasteiger partial charge in [-0.3, -0.25) is 4.68 Å². The van der Waals surface area contributed by atoms with Gasteiger partial charge in [0, 0.05) is 10.6 Å². The molecule has 0 radical (unpaired) electrons. The highest BCUT2D eigenvalue weighted by Gasteiger charge is 2.27. The molecule has 148 valence electrons. The third kappa shape index (κ3) is 4.72. The lowest BCUT2D eigenvalue weighted by Gasteiger charge is -2.26. The summed E-state index contributed by atoms with van der Waals surface area (Å²) >= 11 is 6.30. The maximum absolute atomic E-state index is 9.85. The number of hydrogen-bond donors (Lipinski definition) is 3. The summed E-state index contributed by atoms with van der Waals surface area (Å²) in [6.07, 6.45) is -1.61. The van der Waals surface area contributed by atoms with Crippen molar-refractivity contribution in [3.63, 3.8) is 0 Å². The van der Waals surface area contributed by atoms with Crippen molar-refractivity contribution in [1.82, 2.24) is 9.78 Å². The van der Waals surface area contributed by atoms with Crippen molar-refractivity contribution in [3.05, 3.63) is 70.9 Å². The molecular weight excluding hydrogens is 380 g/mol. The summed E-state index contributed by atoms with van der Waals surface area (Å²) in [4.78, 5) is 0. The second-order valence-electron chi connectivity index (χ2n) is 7.09. The summed E-state index contributed by atoms with van der Waals surface area (Å²) in [5.74, 6) is 0.158. The second-order valence-corrected chi connectivity index (χ2v) is 7.49. The molecule has 1 aromatic heterocycles. The molecule has 0 aliphatic heterocycles. The van der Waals surface area contributed by atoms with Crippen LogP contribution in [0.15, 0.2) is 54.6 Å². The number of benzene rings is 2. The molecule has 0 unspecified atom stereocenters. The van der Waals surface area contributed by atoms with Gasteiger partial charge in [-0.25, -0.2) is 0 Å². The van der Waals surface area contributed by atoms with Crippen LogP contribution in [0.5, 0.6) is 5.75 Å². The van der Waals surface area contributed by atoms with Gasteiger partial charge in [-0.05, 0) is 43.7 Å². The lowest BCUT2D eigenvalue weighted by molar-refractivity contribution is -0.197. The molecule has 1 heterocycles. The number of ether oxygens (including phenoxy) is 1. The number of hydrogen-bond acceptors (Lipinski definition) is 5. The van der Waals surface area contributed by atoms with Gasteiger partial charge < -0.3 is 20.1 Å². The summed E-state index contributed by atoms with van der Waals surface area (Å²) in [6, 6.07) is 16.3. The number of aromatic hydroxyl groups is 1. The third-order valence-corrected chi connectivity index (χ3v) is 4.83. The summed E-state index contributed by atoms with van der Waals surface area (Å²) in [5.41, 5.74) is 1.99. The Kier molecular flexibility index (Phi) is 6.05. The van der Waals surface area contributed by atoms with E-state index in [1.165, 1.54) is 0 Å². The van der Waals surface area contributed by atoms with E-state index in [2.05, 4.69) is 5.10 Å². The van der Waals surface area contributed by atoms with E-state index < -0.39 is 11.9 Å². The molecule has 0 aliphatic carbocycles. The summed E-state index contributed by atoms with van der Waals surface area (Å²) in [5, 5.41) is 33.9. The first-order chi connectivity index (χ1) is 13.3. The van der Waals surface area contributed by atoms with Crippen LogP contribution in [0.1, 0.15) is 25.1 Å². The molecule has 2 aromatic carbocycles. The maximum atomic E-state index is 9.85. The average molecular weight is 403 g/mol. The van der Waals surface area contributed by atoms with Gasteiger partial charge in [0.25, 0.3) is 0 Å². The zero-order valence-corrected chi connectivity index (χ0v) is 16.5. The fourth-order valence-corrected chi connectivity index (χ4v) is 2.88. The van der Waals surface area contributed by atoms with Gasteiger partial charge in [0.2, 0.25) is 0 Å². The molecular formula is C21H23ClN2O4. The van der Waals surface area contributed by atoms with Gasteiger partial charge in [-0.15, -0.1) is 0 Å². The van der Waals surface area contributed by atoms with E-state index in [9.17, 15) is 15.3 Å². The zero-order chi connectivity index (χ0) is 20.3. The number of halogens is 1. The number of phenols is 1. The molecule has 0 spiro atoms. The Bertz CT molecular complexity index is 953. The fraction of sp³-hybridized carbons (Fsp3) is 0.286. The first kappa shape index (κ1) is 20.4. The van der Waals surface area contributed by atoms with E-state index in [1.54, 1.807) is 36.7 Å². The number of aromatic nitrogens is 2. The Hall–Kier alpha value is -2.38. The van der Waals surface area contributed by atoms with Gasteiger partial charge in [0.05, 0.1) is 24.5 Å². The molecule has 0 saturated heterocycles. The van der Waals surface area contributed by atoms with E-state index >= 15 is 0 Å². The Labute approximate surface area is 168 Å². The highest BCUT2D eigenvalue weighted by Crippen LogP contribution is 2.27. The quantitative estimate of drug-likeness (QED) is 0.526. The zero-order valence-electron chi connectivity index (χ0n) is 15.7. The van der Waals surface area contributed by atoms with E-state index in [-0.39, 0.29) is 12.4 Å². The predicted molar refractivity (Wildman–Crippen MR) is 107 cm³/mol. The molecule has 0 fully saturated rings. The molecule has 7 heteroatoms. The number of rotatable bonds is 7. The third-order valence-electron chi connectivity index (χ3n) is 4.46. The molecule has 28 heavy (non-hydrogen) atoms. The standard InChI is InChI=1S/C21H23ClN2O4/c1-21(2,20(26)27)28-13-16-11-19(14-7-5-8-17(25)10-14)24(23-16)12-15-6-3-4-9-18(15)22/h3-11,20,25-27H,12-13H2,1-2H3. The number of aliphatic hydroxyl groups is 2. The molecule has 0 bridgehead atoms. The van der Waals surface area contributed by atoms with Crippen LogP contribution in [0, 0.1) is 0 Å². The minimum atomic E-state index is -1.61. The van der Waals surface area contributed by atoms with Gasteiger partial charge in [0.15, 0.2) is 6.29 Å². The molecule has 0 atom stereocenters. The van der Waals surface area contributed by atoms with Crippen LogP contribution in [0.2, 0.25) is 5.02 Å². The Morgan fingerprint density at radius 3 is 2.54 bits per heavy atom. The van der Waals surface area contributed by atoms with E-state index in [0.717, 1.165) is 16.8 Å². The van der Waals surface area contributed by atoms with Gasteiger partial charge in [0.1, 0.15) is 11.4 Å². The maximum Gasteiger partial charge on any atom is 0.180 e. The minimum absolute atomic E-state index is 0.103. The summed E-state index contributed by atoms with van der Waals surface area (Å²) in [7, 11) is 0. The van der Waals surface area contributed by atoms with Crippen LogP contribution in [0.4, 0.5) is 0 Å². The van der Waals surface area contributed by atoms with Crippen LogP contribution in [0.3, 0.4) is 0 Å². The van der Waals surface area contributed by atoms with Crippen molar-refractivity contribution in [2.45, 2.75) is 38.9 Å². The van der Waals surface area contributed by atoms with Crippen molar-refractivity contribution in [3.8, 4) is 17.0 Å². The van der Waals surface area contributed by atoms with Crippen LogP contribution in [-0.2, 0) is 17.9 Å². The number of aliphatic hydroxyl groups excluding tert-OH is 1. The summed E-state index contributed by atoms with van der Waals surface area (Å²) in [6.45, 7) is 3.73. The Morgan fingerprint density at radius 2 is 1.86 bits per heavy atom. The van der Waals surface area contributed by atoms with E-state index in [0.29, 0.717) is 17.3 Å². The van der Waals surface area contributed by atoms with Gasteiger partial charge in [-0.1, -0.05) is 41.9 Å². The van der Waals surface area contributed by atoms with E-state index in [1.807, 2.05) is 36.4 Å². The lowest BCUT2D eigenvalue weighted by atomic mass is 10.1.